The molecule has 2 rings (SSSR count). The van der Waals surface area contributed by atoms with Gasteiger partial charge in [-0.15, -0.1) is 0 Å². The lowest BCUT2D eigenvalue weighted by Gasteiger charge is -2.47. The van der Waals surface area contributed by atoms with E-state index < -0.39 is 23.5 Å². The molecule has 2 aliphatic heterocycles. The molecule has 0 saturated carbocycles. The van der Waals surface area contributed by atoms with Gasteiger partial charge < -0.3 is 19.6 Å². The Balaban J connectivity index is 1.74. The van der Waals surface area contributed by atoms with E-state index >= 15 is 0 Å². The first kappa shape index (κ1) is 16.8. The SMILES string of the molecule is CC(C)(C)OC(=O)N1CC(F)(CN2CCN(C(=O)O)CC2)C1. The summed E-state index contributed by atoms with van der Waals surface area (Å²) in [5.74, 6) is 0. The summed E-state index contributed by atoms with van der Waals surface area (Å²) in [4.78, 5) is 27.2. The van der Waals surface area contributed by atoms with Crippen LogP contribution < -0.4 is 0 Å². The standard InChI is InChI=1S/C14H24FN3O4/c1-13(2,3)22-12(21)18-9-14(15,10-18)8-16-4-6-17(7-5-16)11(19)20/h4-10H2,1-3H3,(H,19,20). The van der Waals surface area contributed by atoms with Crippen LogP contribution in [-0.2, 0) is 4.74 Å². The van der Waals surface area contributed by atoms with Gasteiger partial charge in [0.05, 0.1) is 13.1 Å². The fraction of sp³-hybridized carbons (Fsp3) is 0.857. The fourth-order valence-corrected chi connectivity index (χ4v) is 2.69. The maximum Gasteiger partial charge on any atom is 0.410 e. The summed E-state index contributed by atoms with van der Waals surface area (Å²) >= 11 is 0. The van der Waals surface area contributed by atoms with Crippen LogP contribution in [0.1, 0.15) is 20.8 Å². The van der Waals surface area contributed by atoms with Crippen molar-refractivity contribution >= 4 is 12.2 Å². The molecule has 0 atom stereocenters. The van der Waals surface area contributed by atoms with Gasteiger partial charge in [0.25, 0.3) is 0 Å². The summed E-state index contributed by atoms with van der Waals surface area (Å²) in [6.07, 6.45) is -1.43. The Hall–Kier alpha value is -1.57. The number of hydrogen-bond donors (Lipinski definition) is 1. The lowest BCUT2D eigenvalue weighted by atomic mass is 9.96. The second-order valence-corrected chi connectivity index (χ2v) is 7.03. The third kappa shape index (κ3) is 4.22. The van der Waals surface area contributed by atoms with Gasteiger partial charge in [0.1, 0.15) is 5.60 Å². The zero-order valence-corrected chi connectivity index (χ0v) is 13.3. The Kier molecular flexibility index (Phi) is 4.51. The van der Waals surface area contributed by atoms with Crippen molar-refractivity contribution in [3.63, 3.8) is 0 Å². The highest BCUT2D eigenvalue weighted by Gasteiger charge is 2.48. The van der Waals surface area contributed by atoms with E-state index in [1.165, 1.54) is 9.80 Å². The van der Waals surface area contributed by atoms with Crippen molar-refractivity contribution in [3.05, 3.63) is 0 Å². The number of piperazine rings is 1. The molecule has 0 aromatic rings. The number of alkyl halides is 1. The van der Waals surface area contributed by atoms with Crippen LogP contribution in [0.5, 0.6) is 0 Å². The molecule has 8 heteroatoms. The van der Waals surface area contributed by atoms with Gasteiger partial charge in [0, 0.05) is 32.7 Å². The second kappa shape index (κ2) is 5.91. The van der Waals surface area contributed by atoms with Gasteiger partial charge in [-0.05, 0) is 20.8 Å². The number of carboxylic acid groups (broad SMARTS) is 1. The topological polar surface area (TPSA) is 73.3 Å². The predicted octanol–water partition coefficient (Wildman–Crippen LogP) is 1.24. The van der Waals surface area contributed by atoms with E-state index in [0.29, 0.717) is 26.2 Å². The highest BCUT2D eigenvalue weighted by atomic mass is 19.1. The van der Waals surface area contributed by atoms with Gasteiger partial charge in [-0.25, -0.2) is 14.0 Å². The summed E-state index contributed by atoms with van der Waals surface area (Å²) in [5, 5.41) is 8.88. The molecule has 0 radical (unpaired) electrons. The Morgan fingerprint density at radius 3 is 2.14 bits per heavy atom. The van der Waals surface area contributed by atoms with Crippen LogP contribution in [0.2, 0.25) is 0 Å². The third-order valence-corrected chi connectivity index (χ3v) is 3.75. The number of amides is 2. The summed E-state index contributed by atoms with van der Waals surface area (Å²) < 4.78 is 19.8. The lowest BCUT2D eigenvalue weighted by molar-refractivity contribution is -0.0674. The maximum atomic E-state index is 14.6. The lowest BCUT2D eigenvalue weighted by Crippen LogP contribution is -2.66. The van der Waals surface area contributed by atoms with Gasteiger partial charge >= 0.3 is 12.2 Å². The molecule has 2 fully saturated rings. The molecular formula is C14H24FN3O4. The Morgan fingerprint density at radius 2 is 1.68 bits per heavy atom. The number of halogens is 1. The minimum Gasteiger partial charge on any atom is -0.465 e. The van der Waals surface area contributed by atoms with E-state index in [9.17, 15) is 14.0 Å². The molecule has 1 N–H and O–H groups in total. The molecule has 0 aliphatic carbocycles. The van der Waals surface area contributed by atoms with Crippen LogP contribution in [0.15, 0.2) is 0 Å². The van der Waals surface area contributed by atoms with Crippen LogP contribution >= 0.6 is 0 Å². The van der Waals surface area contributed by atoms with Crippen LogP contribution in [0.3, 0.4) is 0 Å². The van der Waals surface area contributed by atoms with Crippen molar-refractivity contribution in [2.75, 3.05) is 45.8 Å². The first-order valence-corrected chi connectivity index (χ1v) is 7.45. The van der Waals surface area contributed by atoms with Crippen molar-refractivity contribution < 1.29 is 23.8 Å². The minimum absolute atomic E-state index is 0.0288. The number of rotatable bonds is 2. The Bertz CT molecular complexity index is 438. The van der Waals surface area contributed by atoms with Gasteiger partial charge in [0.2, 0.25) is 0 Å². The number of carbonyl (C=O) groups is 2. The van der Waals surface area contributed by atoms with Crippen molar-refractivity contribution in [1.82, 2.24) is 14.7 Å². The quantitative estimate of drug-likeness (QED) is 0.829. The monoisotopic (exact) mass is 317 g/mol. The summed E-state index contributed by atoms with van der Waals surface area (Å²) in [7, 11) is 0. The molecule has 2 saturated heterocycles. The van der Waals surface area contributed by atoms with Crippen LogP contribution in [0.25, 0.3) is 0 Å². The van der Waals surface area contributed by atoms with Crippen molar-refractivity contribution in [3.8, 4) is 0 Å². The van der Waals surface area contributed by atoms with E-state index in [-0.39, 0.29) is 19.6 Å². The average molecular weight is 317 g/mol. The van der Waals surface area contributed by atoms with Crippen LogP contribution in [-0.4, -0.2) is 89.1 Å². The fourth-order valence-electron chi connectivity index (χ4n) is 2.69. The van der Waals surface area contributed by atoms with E-state index in [4.69, 9.17) is 9.84 Å². The highest BCUT2D eigenvalue weighted by molar-refractivity contribution is 5.69. The molecule has 2 aliphatic rings. The van der Waals surface area contributed by atoms with E-state index in [1.807, 2.05) is 4.90 Å². The van der Waals surface area contributed by atoms with E-state index in [1.54, 1.807) is 20.8 Å². The molecular weight excluding hydrogens is 293 g/mol. The number of likely N-dealkylation sites (tertiary alicyclic amines) is 1. The molecule has 0 unspecified atom stereocenters. The number of hydrogen-bond acceptors (Lipinski definition) is 4. The molecule has 0 bridgehead atoms. The Labute approximate surface area is 129 Å². The zero-order chi connectivity index (χ0) is 16.5. The second-order valence-electron chi connectivity index (χ2n) is 7.03. The van der Waals surface area contributed by atoms with Gasteiger partial charge in [-0.3, -0.25) is 4.90 Å². The summed E-state index contributed by atoms with van der Waals surface area (Å²) in [6, 6.07) is 0. The van der Waals surface area contributed by atoms with Gasteiger partial charge in [-0.2, -0.15) is 0 Å². The number of carbonyl (C=O) groups excluding carboxylic acids is 1. The van der Waals surface area contributed by atoms with Crippen molar-refractivity contribution in [2.24, 2.45) is 0 Å². The first-order valence-electron chi connectivity index (χ1n) is 7.45. The maximum absolute atomic E-state index is 14.6. The van der Waals surface area contributed by atoms with E-state index in [0.717, 1.165) is 0 Å². The van der Waals surface area contributed by atoms with Crippen LogP contribution in [0, 0.1) is 0 Å². The molecule has 7 nitrogen and oxygen atoms in total. The molecule has 0 aromatic heterocycles. The molecule has 0 spiro atoms. The van der Waals surface area contributed by atoms with Gasteiger partial charge in [0.15, 0.2) is 5.67 Å². The molecule has 126 valence electrons. The van der Waals surface area contributed by atoms with Gasteiger partial charge in [-0.1, -0.05) is 0 Å². The number of ether oxygens (including phenoxy) is 1. The van der Waals surface area contributed by atoms with E-state index in [2.05, 4.69) is 0 Å². The predicted molar refractivity (Wildman–Crippen MR) is 77.7 cm³/mol. The average Bonchev–Trinajstić information content (AvgIpc) is 2.34. The van der Waals surface area contributed by atoms with Crippen LogP contribution in [0.4, 0.5) is 14.0 Å². The smallest absolute Gasteiger partial charge is 0.410 e. The summed E-state index contributed by atoms with van der Waals surface area (Å²) in [6.45, 7) is 7.42. The molecule has 22 heavy (non-hydrogen) atoms. The molecule has 2 amide bonds. The largest absolute Gasteiger partial charge is 0.465 e. The summed E-state index contributed by atoms with van der Waals surface area (Å²) in [5.41, 5.74) is -2.01. The highest BCUT2D eigenvalue weighted by Crippen LogP contribution is 2.28. The molecule has 0 aromatic carbocycles. The first-order chi connectivity index (χ1) is 10.1. The zero-order valence-electron chi connectivity index (χ0n) is 13.3. The minimum atomic E-state index is -1.43. The number of nitrogens with zero attached hydrogens (tertiary/aromatic N) is 3. The molecule has 2 heterocycles. The normalized spacial score (nSPS) is 22.2. The third-order valence-electron chi connectivity index (χ3n) is 3.75. The van der Waals surface area contributed by atoms with Crippen molar-refractivity contribution in [1.29, 1.82) is 0 Å². The van der Waals surface area contributed by atoms with Crippen molar-refractivity contribution in [2.45, 2.75) is 32.0 Å². The Morgan fingerprint density at radius 1 is 1.14 bits per heavy atom.